The minimum atomic E-state index is 0.0932. The van der Waals surface area contributed by atoms with Crippen molar-refractivity contribution in [3.63, 3.8) is 0 Å². The van der Waals surface area contributed by atoms with Crippen LogP contribution in [0.4, 0.5) is 10.6 Å². The van der Waals surface area contributed by atoms with Gasteiger partial charge < -0.3 is 15.1 Å². The van der Waals surface area contributed by atoms with Crippen molar-refractivity contribution < 1.29 is 4.79 Å². The highest BCUT2D eigenvalue weighted by Crippen LogP contribution is 2.19. The maximum atomic E-state index is 12.3. The van der Waals surface area contributed by atoms with Gasteiger partial charge in [-0.15, -0.1) is 0 Å². The van der Waals surface area contributed by atoms with Crippen molar-refractivity contribution in [3.8, 4) is 0 Å². The van der Waals surface area contributed by atoms with E-state index in [4.69, 9.17) is 11.6 Å². The standard InChI is InChI=1S/C16H23ClN4O/c17-13-6-7-15(18-12-13)20-8-10-21(11-9-20)16(22)19-14-4-2-1-3-5-14/h6-7,12,14H,1-5,8-11H2,(H,19,22). The number of carbonyl (C=O) groups is 1. The average Bonchev–Trinajstić information content (AvgIpc) is 2.57. The second-order valence-corrected chi connectivity index (χ2v) is 6.53. The van der Waals surface area contributed by atoms with E-state index in [2.05, 4.69) is 15.2 Å². The number of anilines is 1. The maximum absolute atomic E-state index is 12.3. The Hall–Kier alpha value is -1.49. The molecule has 1 aromatic heterocycles. The Bertz CT molecular complexity index is 493. The van der Waals surface area contributed by atoms with Crippen LogP contribution in [-0.2, 0) is 0 Å². The first-order valence-corrected chi connectivity index (χ1v) is 8.52. The predicted octanol–water partition coefficient (Wildman–Crippen LogP) is 2.90. The topological polar surface area (TPSA) is 48.5 Å². The summed E-state index contributed by atoms with van der Waals surface area (Å²) in [6.45, 7) is 3.10. The molecule has 2 heterocycles. The Morgan fingerprint density at radius 3 is 2.50 bits per heavy atom. The van der Waals surface area contributed by atoms with E-state index in [9.17, 15) is 4.79 Å². The second kappa shape index (κ2) is 7.18. The summed E-state index contributed by atoms with van der Waals surface area (Å²) >= 11 is 5.87. The lowest BCUT2D eigenvalue weighted by Crippen LogP contribution is -2.53. The molecule has 1 saturated heterocycles. The van der Waals surface area contributed by atoms with Gasteiger partial charge in [0, 0.05) is 38.4 Å². The quantitative estimate of drug-likeness (QED) is 0.910. The summed E-state index contributed by atoms with van der Waals surface area (Å²) in [6, 6.07) is 4.25. The van der Waals surface area contributed by atoms with Crippen molar-refractivity contribution in [1.29, 1.82) is 0 Å². The molecule has 22 heavy (non-hydrogen) atoms. The number of hydrogen-bond acceptors (Lipinski definition) is 3. The number of carbonyl (C=O) groups excluding carboxylic acids is 1. The molecule has 6 heteroatoms. The first-order valence-electron chi connectivity index (χ1n) is 8.14. The van der Waals surface area contributed by atoms with Gasteiger partial charge in [-0.05, 0) is 25.0 Å². The number of urea groups is 1. The number of amides is 2. The summed E-state index contributed by atoms with van der Waals surface area (Å²) in [5.41, 5.74) is 0. The maximum Gasteiger partial charge on any atom is 0.317 e. The summed E-state index contributed by atoms with van der Waals surface area (Å²) in [5.74, 6) is 0.928. The average molecular weight is 323 g/mol. The second-order valence-electron chi connectivity index (χ2n) is 6.09. The molecule has 1 saturated carbocycles. The molecule has 1 aliphatic heterocycles. The molecule has 2 fully saturated rings. The zero-order valence-electron chi connectivity index (χ0n) is 12.8. The summed E-state index contributed by atoms with van der Waals surface area (Å²) in [5, 5.41) is 3.83. The lowest BCUT2D eigenvalue weighted by molar-refractivity contribution is 0.186. The van der Waals surface area contributed by atoms with Gasteiger partial charge in [0.2, 0.25) is 0 Å². The molecule has 120 valence electrons. The third-order valence-corrected chi connectivity index (χ3v) is 4.76. The Morgan fingerprint density at radius 2 is 1.86 bits per heavy atom. The minimum Gasteiger partial charge on any atom is -0.353 e. The molecular formula is C16H23ClN4O. The van der Waals surface area contributed by atoms with Crippen LogP contribution in [0.1, 0.15) is 32.1 Å². The molecule has 0 atom stereocenters. The molecule has 1 aliphatic carbocycles. The van der Waals surface area contributed by atoms with Crippen molar-refractivity contribution in [2.45, 2.75) is 38.1 Å². The highest BCUT2D eigenvalue weighted by Gasteiger charge is 2.24. The van der Waals surface area contributed by atoms with E-state index in [1.54, 1.807) is 6.20 Å². The van der Waals surface area contributed by atoms with Crippen LogP contribution in [0.25, 0.3) is 0 Å². The van der Waals surface area contributed by atoms with Gasteiger partial charge in [-0.1, -0.05) is 30.9 Å². The number of rotatable bonds is 2. The van der Waals surface area contributed by atoms with E-state index in [0.717, 1.165) is 44.8 Å². The zero-order chi connectivity index (χ0) is 15.4. The third kappa shape index (κ3) is 3.83. The van der Waals surface area contributed by atoms with E-state index in [0.29, 0.717) is 11.1 Å². The normalized spacial score (nSPS) is 20.0. The molecule has 5 nitrogen and oxygen atoms in total. The van der Waals surface area contributed by atoms with Crippen molar-refractivity contribution in [3.05, 3.63) is 23.4 Å². The van der Waals surface area contributed by atoms with Gasteiger partial charge in [0.05, 0.1) is 5.02 Å². The fourth-order valence-corrected chi connectivity index (χ4v) is 3.32. The summed E-state index contributed by atoms with van der Waals surface area (Å²) in [7, 11) is 0. The van der Waals surface area contributed by atoms with Crippen LogP contribution in [0.3, 0.4) is 0 Å². The van der Waals surface area contributed by atoms with E-state index >= 15 is 0 Å². The lowest BCUT2D eigenvalue weighted by atomic mass is 9.96. The molecule has 2 amide bonds. The number of hydrogen-bond donors (Lipinski definition) is 1. The molecule has 0 spiro atoms. The van der Waals surface area contributed by atoms with Gasteiger partial charge in [0.15, 0.2) is 0 Å². The summed E-state index contributed by atoms with van der Waals surface area (Å²) in [6.07, 6.45) is 7.70. The van der Waals surface area contributed by atoms with Crippen molar-refractivity contribution >= 4 is 23.4 Å². The van der Waals surface area contributed by atoms with E-state index in [-0.39, 0.29) is 6.03 Å². The molecule has 0 unspecified atom stereocenters. The number of piperazine rings is 1. The van der Waals surface area contributed by atoms with Crippen LogP contribution in [0, 0.1) is 0 Å². The largest absolute Gasteiger partial charge is 0.353 e. The van der Waals surface area contributed by atoms with Gasteiger partial charge in [0.1, 0.15) is 5.82 Å². The van der Waals surface area contributed by atoms with Crippen molar-refractivity contribution in [2.75, 3.05) is 31.1 Å². The highest BCUT2D eigenvalue weighted by atomic mass is 35.5. The number of pyridine rings is 1. The smallest absolute Gasteiger partial charge is 0.317 e. The first-order chi connectivity index (χ1) is 10.7. The predicted molar refractivity (Wildman–Crippen MR) is 88.4 cm³/mol. The van der Waals surface area contributed by atoms with Gasteiger partial charge in [0.25, 0.3) is 0 Å². The van der Waals surface area contributed by atoms with Gasteiger partial charge in [-0.3, -0.25) is 0 Å². The summed E-state index contributed by atoms with van der Waals surface area (Å²) < 4.78 is 0. The number of nitrogens with zero attached hydrogens (tertiary/aromatic N) is 3. The van der Waals surface area contributed by atoms with Gasteiger partial charge in [-0.25, -0.2) is 9.78 Å². The van der Waals surface area contributed by atoms with E-state index in [1.807, 2.05) is 17.0 Å². The fraction of sp³-hybridized carbons (Fsp3) is 0.625. The first kappa shape index (κ1) is 15.4. The molecule has 0 aromatic carbocycles. The monoisotopic (exact) mass is 322 g/mol. The van der Waals surface area contributed by atoms with Crippen molar-refractivity contribution in [1.82, 2.24) is 15.2 Å². The Morgan fingerprint density at radius 1 is 1.14 bits per heavy atom. The van der Waals surface area contributed by atoms with E-state index < -0.39 is 0 Å². The minimum absolute atomic E-state index is 0.0932. The van der Waals surface area contributed by atoms with Gasteiger partial charge in [-0.2, -0.15) is 0 Å². The van der Waals surface area contributed by atoms with Crippen molar-refractivity contribution in [2.24, 2.45) is 0 Å². The van der Waals surface area contributed by atoms with E-state index in [1.165, 1.54) is 19.3 Å². The molecular weight excluding hydrogens is 300 g/mol. The summed E-state index contributed by atoms with van der Waals surface area (Å²) in [4.78, 5) is 20.8. The molecule has 1 N–H and O–H groups in total. The van der Waals surface area contributed by atoms with Crippen LogP contribution in [0.5, 0.6) is 0 Å². The SMILES string of the molecule is O=C(NC1CCCCC1)N1CCN(c2ccc(Cl)cn2)CC1. The molecule has 0 radical (unpaired) electrons. The molecule has 1 aromatic rings. The Balaban J connectivity index is 1.48. The number of halogens is 1. The third-order valence-electron chi connectivity index (χ3n) is 4.54. The van der Waals surface area contributed by atoms with Crippen LogP contribution in [0.2, 0.25) is 5.02 Å². The zero-order valence-corrected chi connectivity index (χ0v) is 13.6. The number of nitrogens with one attached hydrogen (secondary N) is 1. The highest BCUT2D eigenvalue weighted by molar-refractivity contribution is 6.30. The van der Waals surface area contributed by atoms with Crippen LogP contribution >= 0.6 is 11.6 Å². The number of aromatic nitrogens is 1. The molecule has 0 bridgehead atoms. The molecule has 3 rings (SSSR count). The van der Waals surface area contributed by atoms with Crippen LogP contribution in [0.15, 0.2) is 18.3 Å². The Kier molecular flexibility index (Phi) is 5.03. The Labute approximate surface area is 136 Å². The van der Waals surface area contributed by atoms with Crippen LogP contribution < -0.4 is 10.2 Å². The fourth-order valence-electron chi connectivity index (χ4n) is 3.21. The molecule has 2 aliphatic rings. The van der Waals surface area contributed by atoms with Gasteiger partial charge >= 0.3 is 6.03 Å². The lowest BCUT2D eigenvalue weighted by Gasteiger charge is -2.36. The van der Waals surface area contributed by atoms with Crippen LogP contribution in [-0.4, -0.2) is 48.1 Å².